The number of anilines is 1. The van der Waals surface area contributed by atoms with Gasteiger partial charge < -0.3 is 0 Å². The van der Waals surface area contributed by atoms with Crippen molar-refractivity contribution < 1.29 is 9.59 Å². The quantitative estimate of drug-likeness (QED) is 0.573. The average Bonchev–Trinajstić information content (AvgIpc) is 2.64. The van der Waals surface area contributed by atoms with Crippen molar-refractivity contribution in [1.82, 2.24) is 0 Å². The topological polar surface area (TPSA) is 37.4 Å². The first kappa shape index (κ1) is 14.6. The molecule has 0 spiro atoms. The Morgan fingerprint density at radius 1 is 1.00 bits per heavy atom. The summed E-state index contributed by atoms with van der Waals surface area (Å²) in [6.45, 7) is 4.06. The number of carbonyl (C=O) groups is 2. The van der Waals surface area contributed by atoms with E-state index in [1.807, 2.05) is 13.8 Å². The summed E-state index contributed by atoms with van der Waals surface area (Å²) in [7, 11) is 0. The molecule has 110 valence electrons. The standard InChI is InChI=1S/C16H15Cl2NO2/c1-8-5-11-12(6-9(8)2)16(21)19(15(11)20)14-4-3-10(17)7-13(14)18/h3-4,7,11-12H,5-6H2,1-2H3/t11-,12-/m1/s1. The van der Waals surface area contributed by atoms with Crippen LogP contribution in [0, 0.1) is 11.8 Å². The van der Waals surface area contributed by atoms with Gasteiger partial charge in [0.2, 0.25) is 11.8 Å². The van der Waals surface area contributed by atoms with E-state index in [2.05, 4.69) is 0 Å². The molecule has 1 aliphatic carbocycles. The summed E-state index contributed by atoms with van der Waals surface area (Å²) in [5.74, 6) is -0.817. The Balaban J connectivity index is 2.00. The van der Waals surface area contributed by atoms with Crippen LogP contribution < -0.4 is 4.90 Å². The number of amides is 2. The molecule has 0 bridgehead atoms. The van der Waals surface area contributed by atoms with Gasteiger partial charge in [0.1, 0.15) is 0 Å². The summed E-state index contributed by atoms with van der Waals surface area (Å²) >= 11 is 12.0. The van der Waals surface area contributed by atoms with E-state index in [4.69, 9.17) is 23.2 Å². The molecule has 0 aromatic heterocycles. The molecule has 21 heavy (non-hydrogen) atoms. The van der Waals surface area contributed by atoms with Crippen LogP contribution in [-0.4, -0.2) is 11.8 Å². The summed E-state index contributed by atoms with van der Waals surface area (Å²) in [6, 6.07) is 4.82. The number of allylic oxidation sites excluding steroid dienone is 2. The van der Waals surface area contributed by atoms with E-state index in [0.29, 0.717) is 28.6 Å². The second-order valence-corrected chi connectivity index (χ2v) is 6.63. The Morgan fingerprint density at radius 2 is 1.52 bits per heavy atom. The van der Waals surface area contributed by atoms with E-state index in [1.165, 1.54) is 16.0 Å². The maximum atomic E-state index is 12.6. The molecule has 0 N–H and O–H groups in total. The molecule has 0 unspecified atom stereocenters. The van der Waals surface area contributed by atoms with Gasteiger partial charge >= 0.3 is 0 Å². The molecule has 2 aliphatic rings. The number of halogens is 2. The van der Waals surface area contributed by atoms with Gasteiger partial charge in [0.15, 0.2) is 0 Å². The third kappa shape index (κ3) is 2.29. The first-order chi connectivity index (χ1) is 9.90. The predicted molar refractivity (Wildman–Crippen MR) is 83.5 cm³/mol. The Kier molecular flexibility index (Phi) is 3.58. The smallest absolute Gasteiger partial charge is 0.238 e. The minimum Gasteiger partial charge on any atom is -0.274 e. The average molecular weight is 324 g/mol. The maximum Gasteiger partial charge on any atom is 0.238 e. The van der Waals surface area contributed by atoms with Crippen LogP contribution in [0.25, 0.3) is 0 Å². The molecular formula is C16H15Cl2NO2. The highest BCUT2D eigenvalue weighted by molar-refractivity contribution is 6.38. The molecule has 2 amide bonds. The zero-order valence-corrected chi connectivity index (χ0v) is 13.3. The van der Waals surface area contributed by atoms with Gasteiger partial charge in [-0.3, -0.25) is 9.59 Å². The van der Waals surface area contributed by atoms with Gasteiger partial charge in [0.05, 0.1) is 22.5 Å². The highest BCUT2D eigenvalue weighted by Gasteiger charge is 2.49. The van der Waals surface area contributed by atoms with Gasteiger partial charge in [0, 0.05) is 5.02 Å². The molecule has 1 aromatic rings. The van der Waals surface area contributed by atoms with Crippen LogP contribution in [0.1, 0.15) is 26.7 Å². The molecular weight excluding hydrogens is 309 g/mol. The van der Waals surface area contributed by atoms with Gasteiger partial charge in [-0.25, -0.2) is 4.90 Å². The number of carbonyl (C=O) groups excluding carboxylic acids is 2. The fraction of sp³-hybridized carbons (Fsp3) is 0.375. The number of hydrogen-bond donors (Lipinski definition) is 0. The summed E-state index contributed by atoms with van der Waals surface area (Å²) in [5.41, 5.74) is 2.85. The van der Waals surface area contributed by atoms with Crippen LogP contribution in [0.2, 0.25) is 10.0 Å². The predicted octanol–water partition coefficient (Wildman–Crippen LogP) is 4.23. The normalized spacial score (nSPS) is 25.6. The SMILES string of the molecule is CC1=C(C)C[C@H]2C(=O)N(c3ccc(Cl)cc3Cl)C(=O)[C@@H]2C1. The van der Waals surface area contributed by atoms with Crippen LogP contribution in [0.5, 0.6) is 0 Å². The van der Waals surface area contributed by atoms with Crippen molar-refractivity contribution in [3.63, 3.8) is 0 Å². The van der Waals surface area contributed by atoms with Gasteiger partial charge in [-0.15, -0.1) is 0 Å². The van der Waals surface area contributed by atoms with E-state index in [9.17, 15) is 9.59 Å². The van der Waals surface area contributed by atoms with E-state index in [1.54, 1.807) is 18.2 Å². The van der Waals surface area contributed by atoms with Crippen molar-refractivity contribution in [3.05, 3.63) is 39.4 Å². The molecule has 5 heteroatoms. The lowest BCUT2D eigenvalue weighted by Gasteiger charge is -2.23. The second-order valence-electron chi connectivity index (χ2n) is 5.79. The first-order valence-corrected chi connectivity index (χ1v) is 7.64. The number of rotatable bonds is 1. The summed E-state index contributed by atoms with van der Waals surface area (Å²) in [5, 5.41) is 0.804. The van der Waals surface area contributed by atoms with Crippen molar-refractivity contribution in [2.24, 2.45) is 11.8 Å². The van der Waals surface area contributed by atoms with Crippen LogP contribution in [0.4, 0.5) is 5.69 Å². The lowest BCUT2D eigenvalue weighted by atomic mass is 9.78. The summed E-state index contributed by atoms with van der Waals surface area (Å²) in [4.78, 5) is 26.5. The second kappa shape index (κ2) is 5.15. The number of nitrogens with zero attached hydrogens (tertiary/aromatic N) is 1. The summed E-state index contributed by atoms with van der Waals surface area (Å²) < 4.78 is 0. The zero-order valence-electron chi connectivity index (χ0n) is 11.8. The van der Waals surface area contributed by atoms with Crippen molar-refractivity contribution in [3.8, 4) is 0 Å². The minimum absolute atomic E-state index is 0.152. The molecule has 0 radical (unpaired) electrons. The van der Waals surface area contributed by atoms with E-state index in [0.717, 1.165) is 0 Å². The molecule has 1 heterocycles. The molecule has 1 fully saturated rings. The van der Waals surface area contributed by atoms with Crippen LogP contribution in [0.3, 0.4) is 0 Å². The molecule has 3 nitrogen and oxygen atoms in total. The lowest BCUT2D eigenvalue weighted by Crippen LogP contribution is -2.31. The molecule has 1 aromatic carbocycles. The van der Waals surface area contributed by atoms with E-state index >= 15 is 0 Å². The highest BCUT2D eigenvalue weighted by Crippen LogP contribution is 2.43. The molecule has 1 aliphatic heterocycles. The van der Waals surface area contributed by atoms with Crippen molar-refractivity contribution in [2.75, 3.05) is 4.90 Å². The minimum atomic E-state index is -0.257. The fourth-order valence-corrected chi connectivity index (χ4v) is 3.64. The maximum absolute atomic E-state index is 12.6. The van der Waals surface area contributed by atoms with Crippen LogP contribution in [0.15, 0.2) is 29.3 Å². The number of fused-ring (bicyclic) bond motifs is 1. The Hall–Kier alpha value is -1.32. The monoisotopic (exact) mass is 323 g/mol. The van der Waals surface area contributed by atoms with Crippen molar-refractivity contribution in [2.45, 2.75) is 26.7 Å². The zero-order chi connectivity index (χ0) is 15.3. The molecule has 2 atom stereocenters. The fourth-order valence-electron chi connectivity index (χ4n) is 3.15. The third-order valence-corrected chi connectivity index (χ3v) is 5.03. The van der Waals surface area contributed by atoms with Crippen molar-refractivity contribution >= 4 is 40.7 Å². The molecule has 1 saturated heterocycles. The van der Waals surface area contributed by atoms with Gasteiger partial charge in [-0.2, -0.15) is 0 Å². The van der Waals surface area contributed by atoms with Gasteiger partial charge in [-0.1, -0.05) is 34.3 Å². The van der Waals surface area contributed by atoms with E-state index < -0.39 is 0 Å². The largest absolute Gasteiger partial charge is 0.274 e. The lowest BCUT2D eigenvalue weighted by molar-refractivity contribution is -0.122. The van der Waals surface area contributed by atoms with Crippen molar-refractivity contribution in [1.29, 1.82) is 0 Å². The Labute approximate surface area is 133 Å². The van der Waals surface area contributed by atoms with Gasteiger partial charge in [0.25, 0.3) is 0 Å². The Morgan fingerprint density at radius 3 is 2.00 bits per heavy atom. The Bertz CT molecular complexity index is 649. The third-order valence-electron chi connectivity index (χ3n) is 4.49. The number of imide groups is 1. The molecule has 3 rings (SSSR count). The molecule has 0 saturated carbocycles. The first-order valence-electron chi connectivity index (χ1n) is 6.88. The van der Waals surface area contributed by atoms with Crippen LogP contribution in [-0.2, 0) is 9.59 Å². The highest BCUT2D eigenvalue weighted by atomic mass is 35.5. The van der Waals surface area contributed by atoms with Crippen LogP contribution >= 0.6 is 23.2 Å². The number of hydrogen-bond acceptors (Lipinski definition) is 2. The van der Waals surface area contributed by atoms with E-state index in [-0.39, 0.29) is 23.7 Å². The summed E-state index contributed by atoms with van der Waals surface area (Å²) in [6.07, 6.45) is 1.31. The number of benzene rings is 1. The van der Waals surface area contributed by atoms with Gasteiger partial charge in [-0.05, 0) is 44.9 Å².